The average Bonchev–Trinajstić information content (AvgIpc) is 2.59. The molecule has 1 N–H and O–H groups in total. The Bertz CT molecular complexity index is 780. The standard InChI is InChI=1S/C22H27NO3/c1-15-5-11-18-19(14-22(2,3)26-20(18)13-15)23-21(24)12-8-16-6-9-17(25-4)10-7-16/h5-7,9-11,13,19H,8,12,14H2,1-4H3,(H,23,24)/t19-/m0/s1. The van der Waals surface area contributed by atoms with Gasteiger partial charge < -0.3 is 14.8 Å². The lowest BCUT2D eigenvalue weighted by molar-refractivity contribution is -0.122. The Morgan fingerprint density at radius 3 is 2.65 bits per heavy atom. The fourth-order valence-electron chi connectivity index (χ4n) is 3.40. The van der Waals surface area contributed by atoms with Crippen molar-refractivity contribution in [2.75, 3.05) is 7.11 Å². The summed E-state index contributed by atoms with van der Waals surface area (Å²) in [4.78, 5) is 12.5. The van der Waals surface area contributed by atoms with Crippen LogP contribution in [0.1, 0.15) is 49.4 Å². The summed E-state index contributed by atoms with van der Waals surface area (Å²) in [5.41, 5.74) is 3.05. The molecule has 4 heteroatoms. The molecule has 0 fully saturated rings. The largest absolute Gasteiger partial charge is 0.497 e. The highest BCUT2D eigenvalue weighted by atomic mass is 16.5. The van der Waals surface area contributed by atoms with Gasteiger partial charge in [-0.25, -0.2) is 0 Å². The lowest BCUT2D eigenvalue weighted by Gasteiger charge is -2.38. The van der Waals surface area contributed by atoms with Crippen LogP contribution in [0, 0.1) is 6.92 Å². The van der Waals surface area contributed by atoms with Crippen LogP contribution in [0.25, 0.3) is 0 Å². The normalized spacial score (nSPS) is 17.8. The number of methoxy groups -OCH3 is 1. The van der Waals surface area contributed by atoms with Crippen molar-refractivity contribution < 1.29 is 14.3 Å². The van der Waals surface area contributed by atoms with Crippen LogP contribution in [-0.2, 0) is 11.2 Å². The molecule has 26 heavy (non-hydrogen) atoms. The summed E-state index contributed by atoms with van der Waals surface area (Å²) in [5, 5.41) is 3.20. The van der Waals surface area contributed by atoms with E-state index in [2.05, 4.69) is 31.3 Å². The molecule has 1 amide bonds. The zero-order valence-electron chi connectivity index (χ0n) is 16.0. The minimum atomic E-state index is -0.297. The SMILES string of the molecule is COc1ccc(CCC(=O)N[C@H]2CC(C)(C)Oc3cc(C)ccc32)cc1. The molecule has 0 bridgehead atoms. The lowest BCUT2D eigenvalue weighted by Crippen LogP contribution is -2.41. The molecule has 0 aliphatic carbocycles. The summed E-state index contributed by atoms with van der Waals surface area (Å²) >= 11 is 0. The van der Waals surface area contributed by atoms with Crippen LogP contribution in [0.2, 0.25) is 0 Å². The van der Waals surface area contributed by atoms with Gasteiger partial charge >= 0.3 is 0 Å². The number of aryl methyl sites for hydroxylation is 2. The van der Waals surface area contributed by atoms with Crippen LogP contribution in [-0.4, -0.2) is 18.6 Å². The molecular weight excluding hydrogens is 326 g/mol. The van der Waals surface area contributed by atoms with Crippen LogP contribution >= 0.6 is 0 Å². The van der Waals surface area contributed by atoms with Crippen LogP contribution in [0.15, 0.2) is 42.5 Å². The van der Waals surface area contributed by atoms with Gasteiger partial charge in [0.05, 0.1) is 13.2 Å². The van der Waals surface area contributed by atoms with Crippen LogP contribution < -0.4 is 14.8 Å². The maximum absolute atomic E-state index is 12.5. The number of amides is 1. The van der Waals surface area contributed by atoms with Crippen LogP contribution in [0.4, 0.5) is 0 Å². The number of benzene rings is 2. The molecule has 0 radical (unpaired) electrons. The fourth-order valence-corrected chi connectivity index (χ4v) is 3.40. The zero-order valence-corrected chi connectivity index (χ0v) is 16.0. The third-order valence-electron chi connectivity index (χ3n) is 4.76. The maximum atomic E-state index is 12.5. The van der Waals surface area contributed by atoms with E-state index < -0.39 is 0 Å². The van der Waals surface area contributed by atoms with Gasteiger partial charge in [-0.15, -0.1) is 0 Å². The van der Waals surface area contributed by atoms with E-state index in [0.29, 0.717) is 12.8 Å². The number of ether oxygens (including phenoxy) is 2. The van der Waals surface area contributed by atoms with Crippen molar-refractivity contribution in [3.8, 4) is 11.5 Å². The zero-order chi connectivity index (χ0) is 18.7. The summed E-state index contributed by atoms with van der Waals surface area (Å²) in [6.07, 6.45) is 1.94. The first-order chi connectivity index (χ1) is 12.4. The van der Waals surface area contributed by atoms with E-state index in [1.165, 1.54) is 0 Å². The van der Waals surface area contributed by atoms with Crippen molar-refractivity contribution in [3.05, 3.63) is 59.2 Å². The minimum absolute atomic E-state index is 0.0160. The second-order valence-corrected chi connectivity index (χ2v) is 7.58. The first-order valence-electron chi connectivity index (χ1n) is 9.08. The van der Waals surface area contributed by atoms with Gasteiger partial charge in [0.15, 0.2) is 0 Å². The maximum Gasteiger partial charge on any atom is 0.220 e. The van der Waals surface area contributed by atoms with Gasteiger partial charge in [0, 0.05) is 18.4 Å². The molecule has 3 rings (SSSR count). The lowest BCUT2D eigenvalue weighted by atomic mass is 9.89. The summed E-state index contributed by atoms with van der Waals surface area (Å²) < 4.78 is 11.3. The summed E-state index contributed by atoms with van der Waals surface area (Å²) in [6, 6.07) is 14.0. The van der Waals surface area contributed by atoms with E-state index in [9.17, 15) is 4.79 Å². The molecule has 0 aromatic heterocycles. The molecule has 1 heterocycles. The molecule has 2 aromatic carbocycles. The number of carbonyl (C=O) groups excluding carboxylic acids is 1. The van der Waals surface area contributed by atoms with Crippen molar-refractivity contribution in [3.63, 3.8) is 0 Å². The second-order valence-electron chi connectivity index (χ2n) is 7.58. The van der Waals surface area contributed by atoms with E-state index >= 15 is 0 Å². The van der Waals surface area contributed by atoms with Crippen LogP contribution in [0.5, 0.6) is 11.5 Å². The number of nitrogens with one attached hydrogen (secondary N) is 1. The molecule has 0 saturated heterocycles. The highest BCUT2D eigenvalue weighted by Gasteiger charge is 2.34. The topological polar surface area (TPSA) is 47.6 Å². The summed E-state index contributed by atoms with van der Waals surface area (Å²) in [5.74, 6) is 1.77. The summed E-state index contributed by atoms with van der Waals surface area (Å²) in [6.45, 7) is 6.18. The molecule has 4 nitrogen and oxygen atoms in total. The van der Waals surface area contributed by atoms with Crippen molar-refractivity contribution in [2.45, 2.75) is 51.7 Å². The van der Waals surface area contributed by atoms with E-state index in [-0.39, 0.29) is 17.6 Å². The third kappa shape index (κ3) is 4.37. The molecule has 1 aliphatic heterocycles. The van der Waals surface area contributed by atoms with Gasteiger partial charge in [0.2, 0.25) is 5.91 Å². The highest BCUT2D eigenvalue weighted by Crippen LogP contribution is 2.39. The summed E-state index contributed by atoms with van der Waals surface area (Å²) in [7, 11) is 1.65. The molecule has 0 unspecified atom stereocenters. The number of carbonyl (C=O) groups is 1. The number of rotatable bonds is 5. The van der Waals surface area contributed by atoms with Gasteiger partial charge in [0.1, 0.15) is 17.1 Å². The Hall–Kier alpha value is -2.49. The minimum Gasteiger partial charge on any atom is -0.497 e. The molecular formula is C22H27NO3. The predicted molar refractivity (Wildman–Crippen MR) is 103 cm³/mol. The fraction of sp³-hybridized carbons (Fsp3) is 0.409. The van der Waals surface area contributed by atoms with E-state index in [1.54, 1.807) is 7.11 Å². The molecule has 138 valence electrons. The predicted octanol–water partition coefficient (Wildman–Crippen LogP) is 4.35. The Morgan fingerprint density at radius 1 is 1.23 bits per heavy atom. The van der Waals surface area contributed by atoms with Gasteiger partial charge in [-0.1, -0.05) is 24.3 Å². The number of hydrogen-bond donors (Lipinski definition) is 1. The molecule has 2 aromatic rings. The monoisotopic (exact) mass is 353 g/mol. The van der Waals surface area contributed by atoms with E-state index in [0.717, 1.165) is 34.6 Å². The third-order valence-corrected chi connectivity index (χ3v) is 4.76. The molecule has 0 saturated carbocycles. The average molecular weight is 353 g/mol. The van der Waals surface area contributed by atoms with Gasteiger partial charge in [-0.05, 0) is 56.5 Å². The smallest absolute Gasteiger partial charge is 0.220 e. The van der Waals surface area contributed by atoms with E-state index in [1.807, 2.05) is 37.3 Å². The quantitative estimate of drug-likeness (QED) is 0.869. The number of fused-ring (bicyclic) bond motifs is 1. The molecule has 1 aliphatic rings. The van der Waals surface area contributed by atoms with Crippen molar-refractivity contribution in [2.24, 2.45) is 0 Å². The number of hydrogen-bond acceptors (Lipinski definition) is 3. The Labute approximate surface area is 155 Å². The first-order valence-corrected chi connectivity index (χ1v) is 9.08. The Balaban J connectivity index is 1.65. The van der Waals surface area contributed by atoms with Crippen molar-refractivity contribution in [1.82, 2.24) is 5.32 Å². The van der Waals surface area contributed by atoms with Crippen molar-refractivity contribution >= 4 is 5.91 Å². The van der Waals surface area contributed by atoms with E-state index in [4.69, 9.17) is 9.47 Å². The first kappa shape index (κ1) is 18.3. The van der Waals surface area contributed by atoms with Crippen LogP contribution in [0.3, 0.4) is 0 Å². The van der Waals surface area contributed by atoms with Crippen molar-refractivity contribution in [1.29, 1.82) is 0 Å². The van der Waals surface area contributed by atoms with Gasteiger partial charge in [-0.2, -0.15) is 0 Å². The Morgan fingerprint density at radius 2 is 1.96 bits per heavy atom. The van der Waals surface area contributed by atoms with Gasteiger partial charge in [0.25, 0.3) is 0 Å². The second kappa shape index (κ2) is 7.40. The van der Waals surface area contributed by atoms with Gasteiger partial charge in [-0.3, -0.25) is 4.79 Å². The Kier molecular flexibility index (Phi) is 5.21. The molecule has 1 atom stereocenters. The highest BCUT2D eigenvalue weighted by molar-refractivity contribution is 5.77. The molecule has 0 spiro atoms.